The van der Waals surface area contributed by atoms with Crippen LogP contribution in [0.1, 0.15) is 86.6 Å². The summed E-state index contributed by atoms with van der Waals surface area (Å²) < 4.78 is 2.35. The number of rotatable bonds is 8. The summed E-state index contributed by atoms with van der Waals surface area (Å²) in [5.41, 5.74) is 2.96. The van der Waals surface area contributed by atoms with Gasteiger partial charge >= 0.3 is 0 Å². The number of nitrogens with one attached hydrogen (secondary N) is 1. The van der Waals surface area contributed by atoms with Gasteiger partial charge in [-0.1, -0.05) is 33.1 Å². The summed E-state index contributed by atoms with van der Waals surface area (Å²) in [6.45, 7) is 9.60. The summed E-state index contributed by atoms with van der Waals surface area (Å²) in [5.74, 6) is -0.0941. The Morgan fingerprint density at radius 3 is 2.46 bits per heavy atom. The average molecular weight is 362 g/mol. The van der Waals surface area contributed by atoms with E-state index in [1.165, 1.54) is 32.1 Å². The van der Waals surface area contributed by atoms with Crippen LogP contribution in [0.5, 0.6) is 0 Å². The van der Waals surface area contributed by atoms with Crippen LogP contribution in [0, 0.1) is 13.8 Å². The normalized spacial score (nSPS) is 15.1. The van der Waals surface area contributed by atoms with Crippen LogP contribution in [0.4, 0.5) is 0 Å². The van der Waals surface area contributed by atoms with E-state index >= 15 is 0 Å². The zero-order valence-electron chi connectivity index (χ0n) is 16.9. The smallest absolute Gasteiger partial charge is 0.256 e. The molecule has 0 aliphatic heterocycles. The molecule has 0 radical (unpaired) electrons. The predicted molar refractivity (Wildman–Crippen MR) is 106 cm³/mol. The molecule has 1 aromatic heterocycles. The van der Waals surface area contributed by atoms with Crippen LogP contribution in [-0.2, 0) is 4.79 Å². The number of nitrogens with zero attached hydrogens (tertiary/aromatic N) is 2. The molecule has 0 bridgehead atoms. The topological polar surface area (TPSA) is 54.3 Å². The minimum Gasteiger partial charge on any atom is -0.355 e. The summed E-state index contributed by atoms with van der Waals surface area (Å²) in [7, 11) is 0. The van der Waals surface area contributed by atoms with E-state index in [1.54, 1.807) is 4.90 Å². The van der Waals surface area contributed by atoms with Gasteiger partial charge in [-0.25, -0.2) is 0 Å². The van der Waals surface area contributed by atoms with Gasteiger partial charge < -0.3 is 14.8 Å². The molecule has 0 spiro atoms. The van der Waals surface area contributed by atoms with Crippen molar-refractivity contribution in [2.45, 2.75) is 78.7 Å². The maximum absolute atomic E-state index is 13.1. The van der Waals surface area contributed by atoms with Gasteiger partial charge in [0.05, 0.1) is 12.1 Å². The van der Waals surface area contributed by atoms with Crippen molar-refractivity contribution in [3.05, 3.63) is 23.0 Å². The number of hydrogen-bond acceptors (Lipinski definition) is 2. The Hall–Kier alpha value is -1.78. The Morgan fingerprint density at radius 2 is 1.85 bits per heavy atom. The van der Waals surface area contributed by atoms with E-state index in [0.29, 0.717) is 19.1 Å². The van der Waals surface area contributed by atoms with Crippen molar-refractivity contribution in [2.75, 3.05) is 19.6 Å². The van der Waals surface area contributed by atoms with E-state index in [4.69, 9.17) is 0 Å². The highest BCUT2D eigenvalue weighted by molar-refractivity contribution is 5.97. The fourth-order valence-corrected chi connectivity index (χ4v) is 4.08. The van der Waals surface area contributed by atoms with Crippen molar-refractivity contribution >= 4 is 11.8 Å². The van der Waals surface area contributed by atoms with Gasteiger partial charge in [0.2, 0.25) is 5.91 Å². The van der Waals surface area contributed by atoms with Gasteiger partial charge in [-0.3, -0.25) is 9.59 Å². The summed E-state index contributed by atoms with van der Waals surface area (Å²) in [4.78, 5) is 27.0. The molecule has 1 aliphatic carbocycles. The predicted octanol–water partition coefficient (Wildman–Crippen LogP) is 3.99. The fourth-order valence-electron chi connectivity index (χ4n) is 4.08. The monoisotopic (exact) mass is 361 g/mol. The second kappa shape index (κ2) is 9.79. The summed E-state index contributed by atoms with van der Waals surface area (Å²) >= 11 is 0. The molecule has 0 atom stereocenters. The van der Waals surface area contributed by atoms with E-state index < -0.39 is 0 Å². The number of aromatic nitrogens is 1. The number of carbonyl (C=O) groups excluding carboxylic acids is 2. The van der Waals surface area contributed by atoms with Crippen LogP contribution in [-0.4, -0.2) is 40.9 Å². The van der Waals surface area contributed by atoms with E-state index in [9.17, 15) is 9.59 Å². The van der Waals surface area contributed by atoms with Crippen LogP contribution in [0.15, 0.2) is 6.07 Å². The lowest BCUT2D eigenvalue weighted by atomic mass is 9.95. The first-order valence-electron chi connectivity index (χ1n) is 10.2. The molecule has 0 saturated heterocycles. The summed E-state index contributed by atoms with van der Waals surface area (Å²) in [6.07, 6.45) is 7.99. The van der Waals surface area contributed by atoms with Crippen LogP contribution in [0.3, 0.4) is 0 Å². The lowest BCUT2D eigenvalue weighted by Gasteiger charge is -2.27. The van der Waals surface area contributed by atoms with Crippen molar-refractivity contribution in [3.8, 4) is 0 Å². The van der Waals surface area contributed by atoms with Crippen LogP contribution in [0.25, 0.3) is 0 Å². The van der Waals surface area contributed by atoms with Gasteiger partial charge in [-0.15, -0.1) is 0 Å². The maximum atomic E-state index is 13.1. The molecule has 1 aliphatic rings. The highest BCUT2D eigenvalue weighted by atomic mass is 16.2. The van der Waals surface area contributed by atoms with Gasteiger partial charge in [0.25, 0.3) is 5.91 Å². The van der Waals surface area contributed by atoms with E-state index in [2.05, 4.69) is 23.7 Å². The first-order chi connectivity index (χ1) is 12.5. The molecule has 1 heterocycles. The molecule has 0 unspecified atom stereocenters. The van der Waals surface area contributed by atoms with Crippen LogP contribution in [0.2, 0.25) is 0 Å². The Bertz CT molecular complexity index is 615. The van der Waals surface area contributed by atoms with Gasteiger partial charge in [0, 0.05) is 30.5 Å². The third kappa shape index (κ3) is 4.89. The van der Waals surface area contributed by atoms with Crippen molar-refractivity contribution in [1.29, 1.82) is 0 Å². The molecule has 26 heavy (non-hydrogen) atoms. The van der Waals surface area contributed by atoms with Crippen LogP contribution >= 0.6 is 0 Å². The van der Waals surface area contributed by atoms with Crippen LogP contribution < -0.4 is 5.32 Å². The van der Waals surface area contributed by atoms with Crippen molar-refractivity contribution in [1.82, 2.24) is 14.8 Å². The molecule has 1 aromatic rings. The highest BCUT2D eigenvalue weighted by Gasteiger charge is 2.25. The van der Waals surface area contributed by atoms with Gasteiger partial charge in [0.1, 0.15) is 0 Å². The second-order valence-corrected chi connectivity index (χ2v) is 7.52. The zero-order chi connectivity index (χ0) is 19.1. The molecule has 5 heteroatoms. The molecule has 1 saturated carbocycles. The number of amides is 2. The minimum atomic E-state index is -0.0743. The number of hydrogen-bond donors (Lipinski definition) is 1. The Balaban J connectivity index is 2.18. The lowest BCUT2D eigenvalue weighted by Crippen LogP contribution is -2.41. The first-order valence-corrected chi connectivity index (χ1v) is 10.2. The van der Waals surface area contributed by atoms with Crippen molar-refractivity contribution in [2.24, 2.45) is 0 Å². The Morgan fingerprint density at radius 1 is 1.15 bits per heavy atom. The molecule has 146 valence electrons. The minimum absolute atomic E-state index is 0.0198. The highest BCUT2D eigenvalue weighted by Crippen LogP contribution is 2.32. The SMILES string of the molecule is CCCNC(=O)CN(CCC)C(=O)c1cc(C)n(C2CCCCC2)c1C. The van der Waals surface area contributed by atoms with Gasteiger partial charge in [-0.05, 0) is 45.6 Å². The third-order valence-corrected chi connectivity index (χ3v) is 5.34. The van der Waals surface area contributed by atoms with Crippen molar-refractivity contribution < 1.29 is 9.59 Å². The number of aryl methyl sites for hydroxylation is 1. The number of carbonyl (C=O) groups is 2. The molecule has 2 amide bonds. The quantitative estimate of drug-likeness (QED) is 0.761. The average Bonchev–Trinajstić information content (AvgIpc) is 2.94. The van der Waals surface area contributed by atoms with E-state index in [1.807, 2.05) is 19.9 Å². The van der Waals surface area contributed by atoms with Gasteiger partial charge in [0.15, 0.2) is 0 Å². The van der Waals surface area contributed by atoms with E-state index in [-0.39, 0.29) is 18.4 Å². The van der Waals surface area contributed by atoms with Crippen molar-refractivity contribution in [3.63, 3.8) is 0 Å². The Labute approximate surface area is 158 Å². The lowest BCUT2D eigenvalue weighted by molar-refractivity contribution is -0.121. The molecule has 1 fully saturated rings. The molecule has 1 N–H and O–H groups in total. The molecular weight excluding hydrogens is 326 g/mol. The first kappa shape index (κ1) is 20.5. The maximum Gasteiger partial charge on any atom is 0.256 e. The van der Waals surface area contributed by atoms with E-state index in [0.717, 1.165) is 29.8 Å². The zero-order valence-corrected chi connectivity index (χ0v) is 16.9. The molecular formula is C21H35N3O2. The molecule has 0 aromatic carbocycles. The fraction of sp³-hybridized carbons (Fsp3) is 0.714. The standard InChI is InChI=1S/C21H35N3O2/c1-5-12-22-20(25)15-23(13-6-2)21(26)19-14-16(3)24(17(19)4)18-10-8-7-9-11-18/h14,18H,5-13,15H2,1-4H3,(H,22,25). The second-order valence-electron chi connectivity index (χ2n) is 7.52. The molecule has 2 rings (SSSR count). The molecule has 5 nitrogen and oxygen atoms in total. The largest absolute Gasteiger partial charge is 0.355 e. The summed E-state index contributed by atoms with van der Waals surface area (Å²) in [5, 5.41) is 2.87. The summed E-state index contributed by atoms with van der Waals surface area (Å²) in [6, 6.07) is 2.52. The van der Waals surface area contributed by atoms with Gasteiger partial charge in [-0.2, -0.15) is 0 Å². The third-order valence-electron chi connectivity index (χ3n) is 5.34. The Kier molecular flexibility index (Phi) is 7.73.